The summed E-state index contributed by atoms with van der Waals surface area (Å²) in [5.41, 5.74) is 7.19. The van der Waals surface area contributed by atoms with E-state index in [0.717, 1.165) is 69.9 Å². The van der Waals surface area contributed by atoms with Gasteiger partial charge in [-0.15, -0.1) is 0 Å². The molecular formula is C31H26FN7O. The topological polar surface area (TPSA) is 112 Å². The molecule has 3 N–H and O–H groups in total. The molecule has 0 radical (unpaired) electrons. The highest BCUT2D eigenvalue weighted by molar-refractivity contribution is 5.98. The molecule has 2 aromatic carbocycles. The normalized spacial score (nSPS) is 14.1. The van der Waals surface area contributed by atoms with E-state index in [1.807, 2.05) is 24.3 Å². The number of pyridine rings is 2. The zero-order chi connectivity index (χ0) is 27.1. The van der Waals surface area contributed by atoms with Crippen LogP contribution in [0.3, 0.4) is 0 Å². The fourth-order valence-electron chi connectivity index (χ4n) is 5.54. The van der Waals surface area contributed by atoms with Crippen molar-refractivity contribution in [3.05, 3.63) is 79.1 Å². The molecule has 40 heavy (non-hydrogen) atoms. The SMILES string of the molecule is O=C(Nc1cncc(-c2ccc3[nH]nc(-c4nc5c(-c6ccc(F)cc6)cncc5[nH]4)c3c2)c1)C1CCCCC1. The number of nitrogens with one attached hydrogen (secondary N) is 3. The van der Waals surface area contributed by atoms with Gasteiger partial charge in [-0.05, 0) is 54.3 Å². The molecule has 0 saturated heterocycles. The van der Waals surface area contributed by atoms with Crippen molar-refractivity contribution in [2.24, 2.45) is 5.92 Å². The zero-order valence-electron chi connectivity index (χ0n) is 21.6. The lowest BCUT2D eigenvalue weighted by molar-refractivity contribution is -0.120. The van der Waals surface area contributed by atoms with Gasteiger partial charge in [0, 0.05) is 34.8 Å². The minimum absolute atomic E-state index is 0.0739. The summed E-state index contributed by atoms with van der Waals surface area (Å²) in [6.07, 6.45) is 12.2. The second kappa shape index (κ2) is 10.00. The maximum absolute atomic E-state index is 13.5. The molecule has 0 bridgehead atoms. The lowest BCUT2D eigenvalue weighted by Gasteiger charge is -2.20. The number of carbonyl (C=O) groups excluding carboxylic acids is 1. The molecule has 1 aliphatic carbocycles. The Morgan fingerprint density at radius 2 is 1.65 bits per heavy atom. The third-order valence-electron chi connectivity index (χ3n) is 7.65. The number of benzene rings is 2. The highest BCUT2D eigenvalue weighted by Crippen LogP contribution is 2.33. The number of fused-ring (bicyclic) bond motifs is 2. The van der Waals surface area contributed by atoms with E-state index >= 15 is 0 Å². The van der Waals surface area contributed by atoms with Crippen LogP contribution >= 0.6 is 0 Å². The van der Waals surface area contributed by atoms with Gasteiger partial charge in [0.05, 0.1) is 34.6 Å². The second-order valence-electron chi connectivity index (χ2n) is 10.3. The number of halogens is 1. The van der Waals surface area contributed by atoms with Gasteiger partial charge in [-0.1, -0.05) is 37.5 Å². The largest absolute Gasteiger partial charge is 0.335 e. The van der Waals surface area contributed by atoms with Crippen LogP contribution in [-0.4, -0.2) is 36.0 Å². The molecule has 4 aromatic heterocycles. The Kier molecular flexibility index (Phi) is 6.03. The van der Waals surface area contributed by atoms with E-state index in [2.05, 4.69) is 30.5 Å². The van der Waals surface area contributed by atoms with E-state index in [1.54, 1.807) is 36.9 Å². The Labute approximate surface area is 229 Å². The molecule has 1 aliphatic rings. The summed E-state index contributed by atoms with van der Waals surface area (Å²) in [6.45, 7) is 0. The molecule has 0 atom stereocenters. The van der Waals surface area contributed by atoms with E-state index in [9.17, 15) is 9.18 Å². The van der Waals surface area contributed by atoms with Crippen LogP contribution in [0.5, 0.6) is 0 Å². The molecule has 0 aliphatic heterocycles. The lowest BCUT2D eigenvalue weighted by atomic mass is 9.88. The van der Waals surface area contributed by atoms with Crippen LogP contribution in [0.2, 0.25) is 0 Å². The Balaban J connectivity index is 1.22. The van der Waals surface area contributed by atoms with Crippen LogP contribution in [0.15, 0.2) is 73.3 Å². The number of amides is 1. The monoisotopic (exact) mass is 531 g/mol. The first-order valence-corrected chi connectivity index (χ1v) is 13.5. The first-order valence-electron chi connectivity index (χ1n) is 13.5. The highest BCUT2D eigenvalue weighted by atomic mass is 19.1. The van der Waals surface area contributed by atoms with Crippen LogP contribution in [0.4, 0.5) is 10.1 Å². The lowest BCUT2D eigenvalue weighted by Crippen LogP contribution is -2.24. The van der Waals surface area contributed by atoms with Gasteiger partial charge >= 0.3 is 0 Å². The first-order chi connectivity index (χ1) is 19.6. The van der Waals surface area contributed by atoms with Crippen LogP contribution in [0.1, 0.15) is 32.1 Å². The van der Waals surface area contributed by atoms with Crippen molar-refractivity contribution in [2.75, 3.05) is 5.32 Å². The highest BCUT2D eigenvalue weighted by Gasteiger charge is 2.21. The van der Waals surface area contributed by atoms with Crippen LogP contribution in [0, 0.1) is 11.7 Å². The Morgan fingerprint density at radius 1 is 0.850 bits per heavy atom. The fraction of sp³-hybridized carbons (Fsp3) is 0.194. The number of hydrogen-bond donors (Lipinski definition) is 3. The summed E-state index contributed by atoms with van der Waals surface area (Å²) in [7, 11) is 0. The van der Waals surface area contributed by atoms with Crippen molar-refractivity contribution in [1.29, 1.82) is 0 Å². The van der Waals surface area contributed by atoms with E-state index in [-0.39, 0.29) is 17.6 Å². The van der Waals surface area contributed by atoms with Gasteiger partial charge < -0.3 is 10.3 Å². The number of hydrogen-bond acceptors (Lipinski definition) is 5. The minimum atomic E-state index is -0.294. The molecular weight excluding hydrogens is 505 g/mol. The third-order valence-corrected chi connectivity index (χ3v) is 7.65. The van der Waals surface area contributed by atoms with E-state index in [1.165, 1.54) is 18.6 Å². The molecule has 1 amide bonds. The maximum atomic E-state index is 13.5. The smallest absolute Gasteiger partial charge is 0.227 e. The molecule has 8 nitrogen and oxygen atoms in total. The fourth-order valence-corrected chi connectivity index (χ4v) is 5.54. The van der Waals surface area contributed by atoms with E-state index in [4.69, 9.17) is 4.98 Å². The summed E-state index contributed by atoms with van der Waals surface area (Å²) < 4.78 is 13.5. The van der Waals surface area contributed by atoms with Gasteiger partial charge in [0.2, 0.25) is 5.91 Å². The minimum Gasteiger partial charge on any atom is -0.335 e. The maximum Gasteiger partial charge on any atom is 0.227 e. The quantitative estimate of drug-likeness (QED) is 0.224. The molecule has 7 rings (SSSR count). The predicted octanol–water partition coefficient (Wildman–Crippen LogP) is 6.89. The van der Waals surface area contributed by atoms with Gasteiger partial charge in [-0.2, -0.15) is 5.10 Å². The van der Waals surface area contributed by atoms with E-state index in [0.29, 0.717) is 17.2 Å². The molecule has 4 heterocycles. The van der Waals surface area contributed by atoms with Crippen molar-refractivity contribution in [2.45, 2.75) is 32.1 Å². The van der Waals surface area contributed by atoms with E-state index < -0.39 is 0 Å². The van der Waals surface area contributed by atoms with Crippen molar-refractivity contribution in [3.63, 3.8) is 0 Å². The Hall–Kier alpha value is -4.92. The van der Waals surface area contributed by atoms with Gasteiger partial charge in [0.15, 0.2) is 5.82 Å². The molecule has 0 unspecified atom stereocenters. The number of aromatic amines is 2. The van der Waals surface area contributed by atoms with Crippen molar-refractivity contribution in [1.82, 2.24) is 30.1 Å². The molecule has 9 heteroatoms. The molecule has 198 valence electrons. The third kappa shape index (κ3) is 4.49. The summed E-state index contributed by atoms with van der Waals surface area (Å²) >= 11 is 0. The number of carbonyl (C=O) groups is 1. The van der Waals surface area contributed by atoms with Crippen LogP contribution < -0.4 is 5.32 Å². The number of aromatic nitrogens is 6. The van der Waals surface area contributed by atoms with Crippen LogP contribution in [-0.2, 0) is 4.79 Å². The van der Waals surface area contributed by atoms with Gasteiger partial charge in [0.25, 0.3) is 0 Å². The standard InChI is InChI=1S/C31H26FN7O/c32-22-9-6-18(7-10-22)25-16-34-17-27-28(25)37-30(36-27)29-24-13-20(8-11-26(24)38-39-29)21-12-23(15-33-14-21)35-31(40)19-4-2-1-3-5-19/h6-17,19H,1-5H2,(H,35,40)(H,36,37)(H,38,39). The number of nitrogens with zero attached hydrogens (tertiary/aromatic N) is 4. The average Bonchev–Trinajstić information content (AvgIpc) is 3.62. The predicted molar refractivity (Wildman–Crippen MR) is 153 cm³/mol. The summed E-state index contributed by atoms with van der Waals surface area (Å²) in [5.74, 6) is 0.453. The molecule has 6 aromatic rings. The number of rotatable bonds is 5. The number of imidazole rings is 1. The number of anilines is 1. The Bertz CT molecular complexity index is 1850. The second-order valence-corrected chi connectivity index (χ2v) is 10.3. The number of H-pyrrole nitrogens is 2. The van der Waals surface area contributed by atoms with Gasteiger partial charge in [0.1, 0.15) is 11.5 Å². The van der Waals surface area contributed by atoms with Gasteiger partial charge in [-0.3, -0.25) is 19.9 Å². The summed E-state index contributed by atoms with van der Waals surface area (Å²) in [6, 6.07) is 14.3. The Morgan fingerprint density at radius 3 is 2.50 bits per heavy atom. The van der Waals surface area contributed by atoms with Crippen molar-refractivity contribution >= 4 is 33.5 Å². The van der Waals surface area contributed by atoms with Crippen LogP contribution in [0.25, 0.3) is 55.7 Å². The van der Waals surface area contributed by atoms with Gasteiger partial charge in [-0.25, -0.2) is 9.37 Å². The molecule has 1 saturated carbocycles. The summed E-state index contributed by atoms with van der Waals surface area (Å²) in [4.78, 5) is 29.7. The van der Waals surface area contributed by atoms with Crippen molar-refractivity contribution < 1.29 is 9.18 Å². The zero-order valence-corrected chi connectivity index (χ0v) is 21.6. The molecule has 1 fully saturated rings. The summed E-state index contributed by atoms with van der Waals surface area (Å²) in [5, 5.41) is 11.6. The van der Waals surface area contributed by atoms with Crippen molar-refractivity contribution in [3.8, 4) is 33.8 Å². The molecule has 0 spiro atoms. The first kappa shape index (κ1) is 24.1. The average molecular weight is 532 g/mol.